The minimum absolute atomic E-state index is 0.0196. The Balaban J connectivity index is 0.000000494. The fourth-order valence-electron chi connectivity index (χ4n) is 4.55. The molecule has 0 radical (unpaired) electrons. The number of halogens is 2. The molecule has 3 aliphatic rings. The molecule has 12 heteroatoms. The second-order valence-electron chi connectivity index (χ2n) is 9.69. The smallest absolute Gasteiger partial charge is 0.268 e. The number of benzene rings is 1. The van der Waals surface area contributed by atoms with Crippen LogP contribution in [0.15, 0.2) is 58.6 Å². The number of dihydropyridines is 1. The number of rotatable bonds is 13. The van der Waals surface area contributed by atoms with E-state index in [-0.39, 0.29) is 12.6 Å². The van der Waals surface area contributed by atoms with Crippen molar-refractivity contribution in [3.8, 4) is 11.8 Å². The van der Waals surface area contributed by atoms with Gasteiger partial charge in [0.25, 0.3) is 5.92 Å². The Morgan fingerprint density at radius 1 is 1.13 bits per heavy atom. The average molecular weight is 646 g/mol. The first-order chi connectivity index (χ1) is 22.3. The van der Waals surface area contributed by atoms with Crippen molar-refractivity contribution in [1.29, 1.82) is 5.26 Å². The number of likely N-dealkylation sites (N-methyl/N-ethyl adjacent to an activating group) is 1. The molecule has 1 aliphatic carbocycles. The van der Waals surface area contributed by atoms with E-state index in [0.29, 0.717) is 45.2 Å². The number of nitrogens with one attached hydrogen (secondary N) is 1. The predicted molar refractivity (Wildman–Crippen MR) is 177 cm³/mol. The fourth-order valence-corrected chi connectivity index (χ4v) is 4.55. The zero-order chi connectivity index (χ0) is 34.4. The third kappa shape index (κ3) is 13.3. The number of ether oxygens (including phenoxy) is 3. The monoisotopic (exact) mass is 645 g/mol. The van der Waals surface area contributed by atoms with E-state index in [2.05, 4.69) is 22.5 Å². The molecular weight excluding hydrogens is 596 g/mol. The zero-order valence-corrected chi connectivity index (χ0v) is 27.6. The maximum atomic E-state index is 12.9. The first-order valence-electron chi connectivity index (χ1n) is 15.7. The summed E-state index contributed by atoms with van der Waals surface area (Å²) in [6.07, 6.45) is 8.84. The quantitative estimate of drug-likeness (QED) is 0.238. The lowest BCUT2D eigenvalue weighted by Crippen LogP contribution is -2.40. The van der Waals surface area contributed by atoms with Gasteiger partial charge in [0.05, 0.1) is 51.6 Å². The number of nitrogens with two attached hydrogens (primary N) is 1. The maximum absolute atomic E-state index is 12.9. The van der Waals surface area contributed by atoms with Gasteiger partial charge in [0.2, 0.25) is 5.91 Å². The molecule has 1 saturated heterocycles. The predicted octanol–water partition coefficient (Wildman–Crippen LogP) is 4.37. The van der Waals surface area contributed by atoms with Gasteiger partial charge in [0.15, 0.2) is 0 Å². The molecule has 10 nitrogen and oxygen atoms in total. The zero-order valence-electron chi connectivity index (χ0n) is 27.6. The SMILES string of the molecule is CC.CC.CNCC(=O)N1CC(F)(F)CC1C#N.NCCOCCOCCOc1ccc(C2=CCC3N=CC=C(C=O)C3=C2)cc1. The van der Waals surface area contributed by atoms with E-state index in [1.54, 1.807) is 25.4 Å². The summed E-state index contributed by atoms with van der Waals surface area (Å²) in [7, 11) is 1.55. The van der Waals surface area contributed by atoms with Crippen LogP contribution in [0.1, 0.15) is 46.1 Å². The average Bonchev–Trinajstić information content (AvgIpc) is 3.42. The van der Waals surface area contributed by atoms with Crippen molar-refractivity contribution in [2.24, 2.45) is 10.7 Å². The summed E-state index contributed by atoms with van der Waals surface area (Å²) in [4.78, 5) is 27.9. The van der Waals surface area contributed by atoms with Gasteiger partial charge in [-0.2, -0.15) is 5.26 Å². The number of hydrogen-bond donors (Lipinski definition) is 2. The number of allylic oxidation sites excluding steroid dienone is 3. The molecule has 254 valence electrons. The third-order valence-electron chi connectivity index (χ3n) is 6.60. The van der Waals surface area contributed by atoms with Gasteiger partial charge in [-0.15, -0.1) is 0 Å². The van der Waals surface area contributed by atoms with Gasteiger partial charge in [0.1, 0.15) is 24.7 Å². The Bertz CT molecular complexity index is 1230. The summed E-state index contributed by atoms with van der Waals surface area (Å²) < 4.78 is 42.1. The number of nitriles is 1. The number of nitrogens with zero attached hydrogens (tertiary/aromatic N) is 3. The summed E-state index contributed by atoms with van der Waals surface area (Å²) in [5.41, 5.74) is 9.23. The number of alkyl halides is 2. The van der Waals surface area contributed by atoms with Crippen molar-refractivity contribution >= 4 is 24.0 Å². The highest BCUT2D eigenvalue weighted by atomic mass is 19.3. The van der Waals surface area contributed by atoms with Crippen molar-refractivity contribution in [2.75, 3.05) is 59.7 Å². The second kappa shape index (κ2) is 22.7. The van der Waals surface area contributed by atoms with Gasteiger partial charge in [-0.05, 0) is 54.5 Å². The molecule has 0 saturated carbocycles. The summed E-state index contributed by atoms with van der Waals surface area (Å²) >= 11 is 0. The van der Waals surface area contributed by atoms with Crippen LogP contribution in [0.3, 0.4) is 0 Å². The summed E-state index contributed by atoms with van der Waals surface area (Å²) in [5, 5.41) is 11.2. The molecule has 2 aliphatic heterocycles. The molecule has 0 aromatic heterocycles. The Labute approximate surface area is 272 Å². The molecular formula is C34H49F2N5O5. The van der Waals surface area contributed by atoms with E-state index in [0.717, 1.165) is 40.1 Å². The van der Waals surface area contributed by atoms with Crippen molar-refractivity contribution in [3.05, 3.63) is 59.2 Å². The highest BCUT2D eigenvalue weighted by molar-refractivity contribution is 5.93. The lowest BCUT2D eigenvalue weighted by atomic mass is 9.86. The van der Waals surface area contributed by atoms with Gasteiger partial charge < -0.3 is 30.2 Å². The fraction of sp³-hybridized carbons (Fsp3) is 0.529. The van der Waals surface area contributed by atoms with E-state index < -0.39 is 30.8 Å². The number of carbonyl (C=O) groups is 2. The summed E-state index contributed by atoms with van der Waals surface area (Å²) in [6, 6.07) is 8.70. The highest BCUT2D eigenvalue weighted by Crippen LogP contribution is 2.33. The Kier molecular flexibility index (Phi) is 19.9. The molecule has 46 heavy (non-hydrogen) atoms. The van der Waals surface area contributed by atoms with Crippen molar-refractivity contribution < 1.29 is 32.6 Å². The van der Waals surface area contributed by atoms with Gasteiger partial charge >= 0.3 is 0 Å². The summed E-state index contributed by atoms with van der Waals surface area (Å²) in [6.45, 7) is 10.5. The molecule has 2 heterocycles. The number of aldehydes is 1. The molecule has 1 fully saturated rings. The van der Waals surface area contributed by atoms with Crippen molar-refractivity contribution in [2.45, 2.75) is 58.5 Å². The van der Waals surface area contributed by atoms with Gasteiger partial charge in [0, 0.05) is 24.8 Å². The minimum atomic E-state index is -2.93. The molecule has 2 atom stereocenters. The molecule has 1 aromatic carbocycles. The van der Waals surface area contributed by atoms with Crippen LogP contribution in [0.2, 0.25) is 0 Å². The van der Waals surface area contributed by atoms with E-state index in [4.69, 9.17) is 25.2 Å². The van der Waals surface area contributed by atoms with Crippen LogP contribution in [0.4, 0.5) is 8.78 Å². The standard InChI is InChI=1S/C22H26N2O4.C8H11F2N3O.2C2H6/c23-8-10-26-11-12-27-13-14-28-20-4-1-17(2-5-20)18-3-6-22-21(15-18)19(16-25)7-9-24-22;1-12-4-7(14)13-5-8(9,10)2-6(13)3-11;2*1-2/h1-5,7,9,15-16,22H,6,8,10-14,23H2;6,12H,2,4-5H2,1H3;2*1-2H3. The molecule has 1 amide bonds. The van der Waals surface area contributed by atoms with Crippen molar-refractivity contribution in [3.63, 3.8) is 0 Å². The van der Waals surface area contributed by atoms with Crippen LogP contribution in [0.25, 0.3) is 5.57 Å². The third-order valence-corrected chi connectivity index (χ3v) is 6.60. The van der Waals surface area contributed by atoms with Crippen LogP contribution in [-0.2, 0) is 19.1 Å². The minimum Gasteiger partial charge on any atom is -0.491 e. The Hall–Kier alpha value is -3.76. The summed E-state index contributed by atoms with van der Waals surface area (Å²) in [5.74, 6) is -2.59. The van der Waals surface area contributed by atoms with Crippen molar-refractivity contribution in [1.82, 2.24) is 10.2 Å². The van der Waals surface area contributed by atoms with Crippen LogP contribution in [0.5, 0.6) is 5.75 Å². The van der Waals surface area contributed by atoms with Gasteiger partial charge in [-0.3, -0.25) is 14.6 Å². The normalized spacial score (nSPS) is 18.8. The molecule has 2 unspecified atom stereocenters. The number of amides is 1. The number of fused-ring (bicyclic) bond motifs is 1. The molecule has 3 N–H and O–H groups in total. The largest absolute Gasteiger partial charge is 0.491 e. The number of aliphatic imine (C=N–C) groups is 1. The Morgan fingerprint density at radius 2 is 1.78 bits per heavy atom. The van der Waals surface area contributed by atoms with E-state index in [1.165, 1.54) is 0 Å². The number of hydrogen-bond acceptors (Lipinski definition) is 9. The Morgan fingerprint density at radius 3 is 2.39 bits per heavy atom. The first kappa shape index (κ1) is 40.3. The molecule has 1 aromatic rings. The maximum Gasteiger partial charge on any atom is 0.268 e. The number of likely N-dealkylation sites (tertiary alicyclic amines) is 1. The lowest BCUT2D eigenvalue weighted by Gasteiger charge is -2.23. The van der Waals surface area contributed by atoms with Crippen LogP contribution in [-0.4, -0.2) is 101 Å². The second-order valence-corrected chi connectivity index (χ2v) is 9.69. The van der Waals surface area contributed by atoms with E-state index in [9.17, 15) is 18.4 Å². The molecule has 0 spiro atoms. The van der Waals surface area contributed by atoms with Gasteiger partial charge in [-0.25, -0.2) is 8.78 Å². The van der Waals surface area contributed by atoms with E-state index in [1.807, 2.05) is 52.0 Å². The first-order valence-corrected chi connectivity index (χ1v) is 15.7. The molecule has 0 bridgehead atoms. The number of carbonyl (C=O) groups excluding carboxylic acids is 2. The highest BCUT2D eigenvalue weighted by Gasteiger charge is 2.46. The van der Waals surface area contributed by atoms with Crippen LogP contribution >= 0.6 is 0 Å². The lowest BCUT2D eigenvalue weighted by molar-refractivity contribution is -0.131. The molecule has 4 rings (SSSR count). The van der Waals surface area contributed by atoms with Crippen LogP contribution < -0.4 is 15.8 Å². The van der Waals surface area contributed by atoms with Gasteiger partial charge in [-0.1, -0.05) is 45.9 Å². The van der Waals surface area contributed by atoms with Crippen LogP contribution in [0, 0.1) is 11.3 Å². The topological polar surface area (TPSA) is 139 Å². The van der Waals surface area contributed by atoms with E-state index >= 15 is 0 Å².